The predicted molar refractivity (Wildman–Crippen MR) is 61.4 cm³/mol. The Balaban J connectivity index is 3.00. The number of halogens is 2. The molecule has 0 atom stereocenters. The second-order valence-electron chi connectivity index (χ2n) is 2.69. The Morgan fingerprint density at radius 1 is 1.21 bits per heavy atom. The molecule has 14 heavy (non-hydrogen) atoms. The van der Waals surface area contributed by atoms with Crippen molar-refractivity contribution in [1.29, 1.82) is 0 Å². The van der Waals surface area contributed by atoms with Crippen LogP contribution < -0.4 is 11.5 Å². The smallest absolute Gasteiger partial charge is 0.0648 e. The van der Waals surface area contributed by atoms with Gasteiger partial charge in [-0.25, -0.2) is 0 Å². The summed E-state index contributed by atoms with van der Waals surface area (Å²) in [6, 6.07) is 3.25. The van der Waals surface area contributed by atoms with E-state index in [4.69, 9.17) is 34.7 Å². The molecule has 0 aliphatic carbocycles. The maximum atomic E-state index is 5.91. The van der Waals surface area contributed by atoms with Crippen LogP contribution in [0.15, 0.2) is 12.1 Å². The minimum Gasteiger partial charge on any atom is -0.397 e. The van der Waals surface area contributed by atoms with Crippen molar-refractivity contribution in [1.82, 2.24) is 0 Å². The Kier molecular flexibility index (Phi) is 4.09. The van der Waals surface area contributed by atoms with Crippen LogP contribution in [0.25, 0.3) is 0 Å². The van der Waals surface area contributed by atoms with Crippen molar-refractivity contribution < 1.29 is 0 Å². The Bertz CT molecular complexity index is 391. The number of anilines is 1. The first-order valence-corrected chi connectivity index (χ1v) is 4.84. The van der Waals surface area contributed by atoms with Crippen molar-refractivity contribution in [3.8, 4) is 11.8 Å². The molecule has 0 saturated carbocycles. The first-order chi connectivity index (χ1) is 6.65. The highest BCUT2D eigenvalue weighted by Gasteiger charge is 2.02. The van der Waals surface area contributed by atoms with Gasteiger partial charge in [-0.05, 0) is 12.1 Å². The maximum absolute atomic E-state index is 5.91. The normalized spacial score (nSPS) is 9.36. The van der Waals surface area contributed by atoms with Crippen LogP contribution in [-0.2, 0) is 0 Å². The van der Waals surface area contributed by atoms with Gasteiger partial charge in [0.25, 0.3) is 0 Å². The third-order valence-corrected chi connectivity index (χ3v) is 2.22. The molecule has 0 radical (unpaired) electrons. The van der Waals surface area contributed by atoms with Crippen LogP contribution in [0.5, 0.6) is 0 Å². The summed E-state index contributed by atoms with van der Waals surface area (Å²) in [5.41, 5.74) is 12.0. The predicted octanol–water partition coefficient (Wildman–Crippen LogP) is 2.28. The van der Waals surface area contributed by atoms with Gasteiger partial charge in [-0.15, -0.1) is 0 Å². The first-order valence-electron chi connectivity index (χ1n) is 4.08. The van der Waals surface area contributed by atoms with E-state index in [9.17, 15) is 0 Å². The summed E-state index contributed by atoms with van der Waals surface area (Å²) in [6.45, 7) is 0.535. The molecule has 0 unspecified atom stereocenters. The topological polar surface area (TPSA) is 52.0 Å². The zero-order chi connectivity index (χ0) is 10.6. The summed E-state index contributed by atoms with van der Waals surface area (Å²) in [5.74, 6) is 5.76. The van der Waals surface area contributed by atoms with E-state index in [1.165, 1.54) is 0 Å². The highest BCUT2D eigenvalue weighted by molar-refractivity contribution is 6.35. The molecule has 0 bridgehead atoms. The lowest BCUT2D eigenvalue weighted by Gasteiger charge is -2.00. The fraction of sp³-hybridized carbons (Fsp3) is 0.200. The van der Waals surface area contributed by atoms with E-state index < -0.39 is 0 Å². The lowest BCUT2D eigenvalue weighted by atomic mass is 10.2. The third-order valence-electron chi connectivity index (χ3n) is 1.58. The van der Waals surface area contributed by atoms with Gasteiger partial charge >= 0.3 is 0 Å². The molecule has 0 spiro atoms. The fourth-order valence-corrected chi connectivity index (χ4v) is 1.27. The van der Waals surface area contributed by atoms with Gasteiger partial charge in [-0.1, -0.05) is 35.0 Å². The van der Waals surface area contributed by atoms with Crippen LogP contribution in [0.2, 0.25) is 10.0 Å². The van der Waals surface area contributed by atoms with Crippen molar-refractivity contribution in [2.24, 2.45) is 5.73 Å². The van der Waals surface area contributed by atoms with E-state index in [1.54, 1.807) is 12.1 Å². The third kappa shape index (κ3) is 2.81. The molecule has 0 amide bonds. The zero-order valence-corrected chi connectivity index (χ0v) is 8.99. The van der Waals surface area contributed by atoms with Gasteiger partial charge in [0.2, 0.25) is 0 Å². The van der Waals surface area contributed by atoms with Crippen molar-refractivity contribution in [2.45, 2.75) is 6.42 Å². The summed E-state index contributed by atoms with van der Waals surface area (Å²) in [7, 11) is 0. The van der Waals surface area contributed by atoms with Crippen LogP contribution in [0.4, 0.5) is 5.69 Å². The molecular weight excluding hydrogens is 219 g/mol. The first kappa shape index (κ1) is 11.2. The second-order valence-corrected chi connectivity index (χ2v) is 3.51. The van der Waals surface area contributed by atoms with Gasteiger partial charge < -0.3 is 11.5 Å². The summed E-state index contributed by atoms with van der Waals surface area (Å²) in [4.78, 5) is 0. The Morgan fingerprint density at radius 3 is 2.57 bits per heavy atom. The molecule has 4 N–H and O–H groups in total. The average Bonchev–Trinajstić information content (AvgIpc) is 2.14. The lowest BCUT2D eigenvalue weighted by molar-refractivity contribution is 1.03. The summed E-state index contributed by atoms with van der Waals surface area (Å²) >= 11 is 11.7. The van der Waals surface area contributed by atoms with Gasteiger partial charge in [-0.3, -0.25) is 0 Å². The minimum atomic E-state index is 0.459. The van der Waals surface area contributed by atoms with Gasteiger partial charge in [0.05, 0.1) is 15.7 Å². The molecule has 1 rings (SSSR count). The van der Waals surface area contributed by atoms with Gasteiger partial charge in [0, 0.05) is 18.5 Å². The number of hydrogen-bond donors (Lipinski definition) is 2. The molecule has 0 aliphatic rings. The lowest BCUT2D eigenvalue weighted by Crippen LogP contribution is -1.95. The van der Waals surface area contributed by atoms with E-state index in [0.717, 1.165) is 0 Å². The van der Waals surface area contributed by atoms with Crippen LogP contribution in [0.1, 0.15) is 12.0 Å². The Hall–Kier alpha value is -0.880. The number of nitrogen functional groups attached to an aromatic ring is 1. The number of benzene rings is 1. The SMILES string of the molecule is NCCC#Cc1cc(Cl)c(N)cc1Cl. The van der Waals surface area contributed by atoms with Gasteiger partial charge in [0.15, 0.2) is 0 Å². The average molecular weight is 229 g/mol. The number of nitrogens with two attached hydrogens (primary N) is 2. The molecule has 74 valence electrons. The molecule has 0 aromatic heterocycles. The maximum Gasteiger partial charge on any atom is 0.0648 e. The molecule has 0 saturated heterocycles. The molecule has 0 fully saturated rings. The van der Waals surface area contributed by atoms with E-state index in [0.29, 0.717) is 34.3 Å². The zero-order valence-electron chi connectivity index (χ0n) is 7.48. The molecule has 1 aromatic rings. The molecule has 0 heterocycles. The molecule has 2 nitrogen and oxygen atoms in total. The van der Waals surface area contributed by atoms with Crippen LogP contribution in [-0.4, -0.2) is 6.54 Å². The number of rotatable bonds is 1. The standard InChI is InChI=1S/C10H10Cl2N2/c11-8-6-10(14)9(12)5-7(8)3-1-2-4-13/h5-6H,2,4,13-14H2. The van der Waals surface area contributed by atoms with E-state index >= 15 is 0 Å². The van der Waals surface area contributed by atoms with E-state index in [2.05, 4.69) is 11.8 Å². The van der Waals surface area contributed by atoms with Crippen LogP contribution in [0.3, 0.4) is 0 Å². The largest absolute Gasteiger partial charge is 0.397 e. The van der Waals surface area contributed by atoms with Crippen LogP contribution >= 0.6 is 23.2 Å². The molecule has 4 heteroatoms. The highest BCUT2D eigenvalue weighted by atomic mass is 35.5. The summed E-state index contributed by atoms with van der Waals surface area (Å²) < 4.78 is 0. The summed E-state index contributed by atoms with van der Waals surface area (Å²) in [6.07, 6.45) is 0.637. The Labute approximate surface area is 93.2 Å². The van der Waals surface area contributed by atoms with Crippen molar-refractivity contribution in [3.63, 3.8) is 0 Å². The highest BCUT2D eigenvalue weighted by Crippen LogP contribution is 2.26. The monoisotopic (exact) mass is 228 g/mol. The minimum absolute atomic E-state index is 0.459. The van der Waals surface area contributed by atoms with E-state index in [-0.39, 0.29) is 0 Å². The van der Waals surface area contributed by atoms with Crippen molar-refractivity contribution in [3.05, 3.63) is 27.7 Å². The fourth-order valence-electron chi connectivity index (χ4n) is 0.888. The molecule has 1 aromatic carbocycles. The van der Waals surface area contributed by atoms with Gasteiger partial charge in [0.1, 0.15) is 0 Å². The van der Waals surface area contributed by atoms with Crippen LogP contribution in [0, 0.1) is 11.8 Å². The molecular formula is C10H10Cl2N2. The van der Waals surface area contributed by atoms with Crippen molar-refractivity contribution >= 4 is 28.9 Å². The van der Waals surface area contributed by atoms with Crippen molar-refractivity contribution in [2.75, 3.05) is 12.3 Å². The quantitative estimate of drug-likeness (QED) is 0.573. The summed E-state index contributed by atoms with van der Waals surface area (Å²) in [5, 5.41) is 0.975. The number of hydrogen-bond acceptors (Lipinski definition) is 2. The second kappa shape index (κ2) is 5.11. The van der Waals surface area contributed by atoms with E-state index in [1.807, 2.05) is 0 Å². The Morgan fingerprint density at radius 2 is 1.93 bits per heavy atom. The molecule has 0 aliphatic heterocycles. The van der Waals surface area contributed by atoms with Gasteiger partial charge in [-0.2, -0.15) is 0 Å².